The van der Waals surface area contributed by atoms with Gasteiger partial charge in [-0.15, -0.1) is 0 Å². The molecule has 11 nitrogen and oxygen atoms in total. The van der Waals surface area contributed by atoms with Gasteiger partial charge in [0.05, 0.1) is 38.0 Å². The highest BCUT2D eigenvalue weighted by molar-refractivity contribution is 5.87. The molecule has 0 atom stereocenters. The normalized spacial score (nSPS) is 21.7. The molecule has 1 saturated heterocycles. The van der Waals surface area contributed by atoms with Crippen molar-refractivity contribution < 1.29 is 14.3 Å². The summed E-state index contributed by atoms with van der Waals surface area (Å²) in [7, 11) is 3.41. The van der Waals surface area contributed by atoms with Gasteiger partial charge in [-0.2, -0.15) is 5.10 Å². The molecule has 0 N–H and O–H groups in total. The molecule has 3 aliphatic rings. The molecule has 1 aromatic carbocycles. The number of carbonyl (C=O) groups is 1. The zero-order valence-electron chi connectivity index (χ0n) is 28.1. The highest BCUT2D eigenvalue weighted by Gasteiger charge is 2.46. The van der Waals surface area contributed by atoms with E-state index in [1.54, 1.807) is 20.5 Å². The molecule has 11 heteroatoms. The van der Waals surface area contributed by atoms with E-state index in [1.165, 1.54) is 11.1 Å². The van der Waals surface area contributed by atoms with E-state index >= 15 is 0 Å². The predicted octanol–water partition coefficient (Wildman–Crippen LogP) is 4.46. The first-order valence-electron chi connectivity index (χ1n) is 17.1. The number of ether oxygens (including phenoxy) is 2. The first-order valence-corrected chi connectivity index (χ1v) is 17.1. The molecule has 2 fully saturated rings. The fraction of sp³-hybridized carbons (Fsp3) is 0.528. The number of likely N-dealkylation sites (N-methyl/N-ethyl adjacent to an activating group) is 1. The van der Waals surface area contributed by atoms with Crippen molar-refractivity contribution in [2.75, 3.05) is 58.4 Å². The van der Waals surface area contributed by atoms with E-state index in [-0.39, 0.29) is 11.5 Å². The number of methoxy groups -OCH3 is 2. The van der Waals surface area contributed by atoms with E-state index < -0.39 is 0 Å². The third-order valence-electron chi connectivity index (χ3n) is 10.8. The number of anilines is 1. The van der Waals surface area contributed by atoms with Gasteiger partial charge in [-0.1, -0.05) is 19.9 Å². The Balaban J connectivity index is 1.01. The van der Waals surface area contributed by atoms with Crippen LogP contribution in [0.3, 0.4) is 0 Å². The fourth-order valence-electron chi connectivity index (χ4n) is 8.20. The summed E-state index contributed by atoms with van der Waals surface area (Å²) in [6, 6.07) is 10.5. The van der Waals surface area contributed by atoms with E-state index in [0.29, 0.717) is 25.5 Å². The molecule has 0 bridgehead atoms. The van der Waals surface area contributed by atoms with Gasteiger partial charge in [0, 0.05) is 49.9 Å². The monoisotopic (exact) mass is 638 g/mol. The van der Waals surface area contributed by atoms with Gasteiger partial charge in [0.2, 0.25) is 5.91 Å². The Bertz CT molecular complexity index is 1740. The van der Waals surface area contributed by atoms with Crippen molar-refractivity contribution in [1.82, 2.24) is 34.5 Å². The smallest absolute Gasteiger partial charge is 0.225 e. The Morgan fingerprint density at radius 3 is 2.43 bits per heavy atom. The zero-order chi connectivity index (χ0) is 32.5. The van der Waals surface area contributed by atoms with Crippen LogP contribution >= 0.6 is 0 Å². The molecule has 7 rings (SSSR count). The molecule has 47 heavy (non-hydrogen) atoms. The summed E-state index contributed by atoms with van der Waals surface area (Å²) in [6.45, 7) is 9.79. The van der Waals surface area contributed by atoms with Gasteiger partial charge in [0.25, 0.3) is 0 Å². The van der Waals surface area contributed by atoms with Gasteiger partial charge in [-0.25, -0.2) is 14.6 Å². The molecule has 3 aromatic heterocycles. The Morgan fingerprint density at radius 2 is 1.70 bits per heavy atom. The predicted molar refractivity (Wildman–Crippen MR) is 181 cm³/mol. The van der Waals surface area contributed by atoms with Crippen LogP contribution in [0.1, 0.15) is 62.0 Å². The lowest BCUT2D eigenvalue weighted by Gasteiger charge is -2.52. The van der Waals surface area contributed by atoms with Crippen molar-refractivity contribution in [3.05, 3.63) is 65.4 Å². The van der Waals surface area contributed by atoms with Crippen LogP contribution in [-0.4, -0.2) is 93.9 Å². The second kappa shape index (κ2) is 13.1. The summed E-state index contributed by atoms with van der Waals surface area (Å²) in [6.07, 6.45) is 9.11. The molecule has 2 aliphatic heterocycles. The third kappa shape index (κ3) is 5.68. The Morgan fingerprint density at radius 1 is 0.957 bits per heavy atom. The van der Waals surface area contributed by atoms with Crippen LogP contribution in [0.5, 0.6) is 11.5 Å². The quantitative estimate of drug-likeness (QED) is 0.277. The minimum atomic E-state index is -0.0605. The number of amides is 1. The number of rotatable bonds is 8. The highest BCUT2D eigenvalue weighted by atomic mass is 16.5. The van der Waals surface area contributed by atoms with E-state index in [1.807, 2.05) is 29.1 Å². The Labute approximate surface area is 276 Å². The lowest BCUT2D eigenvalue weighted by molar-refractivity contribution is -0.138. The van der Waals surface area contributed by atoms with Crippen LogP contribution in [-0.2, 0) is 29.7 Å². The summed E-state index contributed by atoms with van der Waals surface area (Å²) in [5.74, 6) is 2.81. The number of pyridine rings is 1. The lowest BCUT2D eigenvalue weighted by Crippen LogP contribution is -2.54. The molecule has 5 heterocycles. The maximum absolute atomic E-state index is 13.9. The minimum Gasteiger partial charge on any atom is -0.493 e. The van der Waals surface area contributed by atoms with Crippen LogP contribution in [0, 0.1) is 5.92 Å². The number of aryl methyl sites for hydroxylation is 1. The molecule has 1 spiro atoms. The molecule has 4 aromatic rings. The molecule has 0 unspecified atom stereocenters. The summed E-state index contributed by atoms with van der Waals surface area (Å²) in [5, 5.41) is 5.58. The van der Waals surface area contributed by atoms with Crippen molar-refractivity contribution in [3.8, 4) is 11.5 Å². The number of piperazine rings is 1. The van der Waals surface area contributed by atoms with Crippen LogP contribution in [0.25, 0.3) is 11.0 Å². The van der Waals surface area contributed by atoms with Gasteiger partial charge in [0.1, 0.15) is 12.1 Å². The van der Waals surface area contributed by atoms with Gasteiger partial charge < -0.3 is 19.3 Å². The summed E-state index contributed by atoms with van der Waals surface area (Å²) < 4.78 is 13.2. The minimum absolute atomic E-state index is 0.0558. The van der Waals surface area contributed by atoms with Crippen molar-refractivity contribution >= 4 is 22.8 Å². The summed E-state index contributed by atoms with van der Waals surface area (Å²) in [5.41, 5.74) is 5.47. The van der Waals surface area contributed by atoms with Gasteiger partial charge >= 0.3 is 0 Å². The topological polar surface area (TPSA) is 102 Å². The van der Waals surface area contributed by atoms with Gasteiger partial charge in [-0.05, 0) is 80.5 Å². The standard InChI is InChI=1S/C36H46N8O3/c1-5-27-8-7-9-28(40-27)23-44-34-29(22-39-44)33(37-24-38-34)41-16-18-42(19-17-41)35(45)25-10-13-36(14-11-25)30-21-32(47-4)31(46-3)20-26(30)12-15-43(36)6-2/h7-9,20-22,24-25H,5-6,10-19,23H2,1-4H3/t25-,36-. The maximum Gasteiger partial charge on any atom is 0.225 e. The number of benzene rings is 1. The molecular formula is C36H46N8O3. The number of fused-ring (bicyclic) bond motifs is 3. The van der Waals surface area contributed by atoms with E-state index in [9.17, 15) is 4.79 Å². The summed E-state index contributed by atoms with van der Waals surface area (Å²) >= 11 is 0. The Kier molecular flexibility index (Phi) is 8.74. The first kappa shape index (κ1) is 31.4. The second-order valence-electron chi connectivity index (χ2n) is 13.0. The Hall–Kier alpha value is -4.25. The van der Waals surface area contributed by atoms with Crippen LogP contribution in [0.15, 0.2) is 42.9 Å². The van der Waals surface area contributed by atoms with Crippen LogP contribution in [0.4, 0.5) is 5.82 Å². The van der Waals surface area contributed by atoms with E-state index in [0.717, 1.165) is 104 Å². The SMILES string of the molecule is CCc1cccc(Cn2ncc3c(N4CCN(C(=O)[C@H]5CC[C@]6(CC5)c5cc(OC)c(OC)cc5CCN6CC)CC4)ncnc32)n1. The van der Waals surface area contributed by atoms with E-state index in [2.05, 4.69) is 55.7 Å². The van der Waals surface area contributed by atoms with Crippen LogP contribution < -0.4 is 14.4 Å². The number of aromatic nitrogens is 5. The second-order valence-corrected chi connectivity index (χ2v) is 13.0. The summed E-state index contributed by atoms with van der Waals surface area (Å²) in [4.78, 5) is 34.8. The molecule has 1 amide bonds. The van der Waals surface area contributed by atoms with E-state index in [4.69, 9.17) is 14.5 Å². The third-order valence-corrected chi connectivity index (χ3v) is 10.8. The average molecular weight is 639 g/mol. The number of carbonyl (C=O) groups excluding carboxylic acids is 1. The van der Waals surface area contributed by atoms with Gasteiger partial charge in [-0.3, -0.25) is 14.7 Å². The largest absolute Gasteiger partial charge is 0.493 e. The molecular weight excluding hydrogens is 592 g/mol. The van der Waals surface area contributed by atoms with Crippen molar-refractivity contribution in [2.45, 2.75) is 64.5 Å². The number of hydrogen-bond donors (Lipinski definition) is 0. The lowest BCUT2D eigenvalue weighted by atomic mass is 9.68. The fourth-order valence-corrected chi connectivity index (χ4v) is 8.20. The van der Waals surface area contributed by atoms with Gasteiger partial charge in [0.15, 0.2) is 17.1 Å². The van der Waals surface area contributed by atoms with Crippen molar-refractivity contribution in [2.24, 2.45) is 5.92 Å². The highest BCUT2D eigenvalue weighted by Crippen LogP contribution is 2.50. The van der Waals surface area contributed by atoms with Crippen molar-refractivity contribution in [3.63, 3.8) is 0 Å². The maximum atomic E-state index is 13.9. The molecule has 0 radical (unpaired) electrons. The first-order chi connectivity index (χ1) is 23.0. The van der Waals surface area contributed by atoms with Crippen molar-refractivity contribution in [1.29, 1.82) is 0 Å². The number of nitrogens with zero attached hydrogens (tertiary/aromatic N) is 8. The molecule has 1 aliphatic carbocycles. The molecule has 248 valence electrons. The average Bonchev–Trinajstić information content (AvgIpc) is 3.54. The number of hydrogen-bond acceptors (Lipinski definition) is 9. The zero-order valence-corrected chi connectivity index (χ0v) is 28.1. The van der Waals surface area contributed by atoms with Crippen LogP contribution in [0.2, 0.25) is 0 Å². The molecule has 1 saturated carbocycles.